The van der Waals surface area contributed by atoms with Crippen molar-refractivity contribution in [2.24, 2.45) is 0 Å². The van der Waals surface area contributed by atoms with Crippen LogP contribution in [-0.4, -0.2) is 14.5 Å². The Kier molecular flexibility index (Phi) is 7.83. The van der Waals surface area contributed by atoms with Gasteiger partial charge in [0.25, 0.3) is 0 Å². The normalized spacial score (nSPS) is 11.6. The molecule has 0 aliphatic heterocycles. The molecule has 11 rings (SSSR count). The molecule has 0 N–H and O–H groups in total. The predicted octanol–water partition coefficient (Wildman–Crippen LogP) is 14.5. The smallest absolute Gasteiger partial charge is 0.124 e. The van der Waals surface area contributed by atoms with Gasteiger partial charge in [0.1, 0.15) is 10.0 Å². The molecule has 0 atom stereocenters. The maximum absolute atomic E-state index is 4.92. The SMILES string of the molecule is c1ccc(-n2c3ccccc3c3ccc(-c4ccc(N(c5ccc(-c6nc7ccccc7s6)cc5)c5ccc(-c6nc7ccccc7s6)cc5)cc4)cc32)cc1. The van der Waals surface area contributed by atoms with Gasteiger partial charge in [-0.05, 0) is 120 Å². The summed E-state index contributed by atoms with van der Waals surface area (Å²) in [4.78, 5) is 12.2. The minimum atomic E-state index is 1.03. The van der Waals surface area contributed by atoms with Gasteiger partial charge in [-0.3, -0.25) is 0 Å². The Hall–Kier alpha value is -6.86. The molecule has 0 radical (unpaired) electrons. The Morgan fingerprint density at radius 2 is 0.839 bits per heavy atom. The number of anilines is 3. The molecule has 0 aliphatic carbocycles. The van der Waals surface area contributed by atoms with Gasteiger partial charge in [0.15, 0.2) is 0 Å². The number of para-hydroxylation sites is 4. The molecule has 264 valence electrons. The lowest BCUT2D eigenvalue weighted by Crippen LogP contribution is -2.09. The molecule has 0 aliphatic rings. The third kappa shape index (κ3) is 5.66. The summed E-state index contributed by atoms with van der Waals surface area (Å²) < 4.78 is 4.77. The number of benzene rings is 8. The maximum atomic E-state index is 4.92. The number of aromatic nitrogens is 3. The lowest BCUT2D eigenvalue weighted by atomic mass is 10.0. The molecule has 0 bridgehead atoms. The average Bonchev–Trinajstić information content (AvgIpc) is 3.99. The molecule has 0 saturated carbocycles. The zero-order valence-corrected chi connectivity index (χ0v) is 31.7. The molecular formula is C50H32N4S2. The van der Waals surface area contributed by atoms with Crippen LogP contribution in [-0.2, 0) is 0 Å². The number of rotatable bonds is 7. The molecule has 0 saturated heterocycles. The number of nitrogens with zero attached hydrogens (tertiary/aromatic N) is 4. The molecule has 56 heavy (non-hydrogen) atoms. The summed E-state index contributed by atoms with van der Waals surface area (Å²) in [6, 6.07) is 69.3. The van der Waals surface area contributed by atoms with Crippen LogP contribution >= 0.6 is 22.7 Å². The van der Waals surface area contributed by atoms with E-state index in [-0.39, 0.29) is 0 Å². The predicted molar refractivity (Wildman–Crippen MR) is 238 cm³/mol. The molecular weight excluding hydrogens is 721 g/mol. The summed E-state index contributed by atoms with van der Waals surface area (Å²) >= 11 is 3.46. The molecule has 0 spiro atoms. The van der Waals surface area contributed by atoms with E-state index >= 15 is 0 Å². The van der Waals surface area contributed by atoms with Gasteiger partial charge in [-0.1, -0.05) is 84.9 Å². The van der Waals surface area contributed by atoms with E-state index in [4.69, 9.17) is 9.97 Å². The van der Waals surface area contributed by atoms with Gasteiger partial charge in [0.2, 0.25) is 0 Å². The van der Waals surface area contributed by atoms with Crippen molar-refractivity contribution in [1.29, 1.82) is 0 Å². The van der Waals surface area contributed by atoms with Gasteiger partial charge in [0, 0.05) is 44.6 Å². The number of hydrogen-bond acceptors (Lipinski definition) is 5. The maximum Gasteiger partial charge on any atom is 0.124 e. The topological polar surface area (TPSA) is 34.0 Å². The number of thiazole rings is 2. The first-order valence-corrected chi connectivity index (χ1v) is 20.3. The van der Waals surface area contributed by atoms with E-state index in [2.05, 4.69) is 191 Å². The number of hydrogen-bond donors (Lipinski definition) is 0. The standard InChI is InChI=1S/C50H32N4S2/c1-2-10-37(11-3-1)54-45-15-7-4-12-41(45)42-31-24-36(32-46(42)54)33-18-25-38(26-19-33)53(39-27-20-34(21-28-39)49-51-43-13-5-8-16-47(43)55-49)40-29-22-35(23-30-40)50-52-44-14-6-9-17-48(44)56-50/h1-32H. The molecule has 8 aromatic carbocycles. The Labute approximate surface area is 331 Å². The summed E-state index contributed by atoms with van der Waals surface area (Å²) in [5.41, 5.74) is 13.4. The second kappa shape index (κ2) is 13.5. The lowest BCUT2D eigenvalue weighted by molar-refractivity contribution is 1.18. The van der Waals surface area contributed by atoms with Crippen LogP contribution in [0.2, 0.25) is 0 Å². The van der Waals surface area contributed by atoms with Crippen LogP contribution in [0.25, 0.3) is 80.2 Å². The third-order valence-electron chi connectivity index (χ3n) is 10.5. The highest BCUT2D eigenvalue weighted by molar-refractivity contribution is 7.22. The second-order valence-electron chi connectivity index (χ2n) is 13.9. The van der Waals surface area contributed by atoms with Crippen LogP contribution < -0.4 is 4.90 Å². The lowest BCUT2D eigenvalue weighted by Gasteiger charge is -2.26. The fourth-order valence-corrected chi connectivity index (χ4v) is 9.70. The van der Waals surface area contributed by atoms with Crippen LogP contribution in [0.3, 0.4) is 0 Å². The van der Waals surface area contributed by atoms with Crippen LogP contribution in [0.15, 0.2) is 194 Å². The van der Waals surface area contributed by atoms with E-state index in [1.807, 2.05) is 12.1 Å². The summed E-state index contributed by atoms with van der Waals surface area (Å²) in [7, 11) is 0. The van der Waals surface area contributed by atoms with E-state index in [9.17, 15) is 0 Å². The second-order valence-corrected chi connectivity index (χ2v) is 15.9. The van der Waals surface area contributed by atoms with Crippen LogP contribution in [0, 0.1) is 0 Å². The van der Waals surface area contributed by atoms with E-state index in [0.29, 0.717) is 0 Å². The van der Waals surface area contributed by atoms with Crippen LogP contribution in [0.5, 0.6) is 0 Å². The van der Waals surface area contributed by atoms with Crippen molar-refractivity contribution in [3.8, 4) is 38.0 Å². The van der Waals surface area contributed by atoms with Crippen LogP contribution in [0.4, 0.5) is 17.1 Å². The summed E-state index contributed by atoms with van der Waals surface area (Å²) in [5.74, 6) is 0. The molecule has 0 amide bonds. The zero-order valence-electron chi connectivity index (χ0n) is 30.1. The zero-order chi connectivity index (χ0) is 37.0. The highest BCUT2D eigenvalue weighted by atomic mass is 32.1. The first kappa shape index (κ1) is 32.6. The van der Waals surface area contributed by atoms with Gasteiger partial charge in [-0.25, -0.2) is 9.97 Å². The minimum absolute atomic E-state index is 1.03. The highest BCUT2D eigenvalue weighted by Crippen LogP contribution is 2.40. The van der Waals surface area contributed by atoms with Gasteiger partial charge >= 0.3 is 0 Å². The summed E-state index contributed by atoms with van der Waals surface area (Å²) in [6.45, 7) is 0. The number of fused-ring (bicyclic) bond motifs is 5. The van der Waals surface area contributed by atoms with Crippen molar-refractivity contribution in [2.75, 3.05) is 4.90 Å². The fraction of sp³-hybridized carbons (Fsp3) is 0. The summed E-state index contributed by atoms with van der Waals surface area (Å²) in [5, 5.41) is 4.56. The Balaban J connectivity index is 0.981. The first-order chi connectivity index (χ1) is 27.7. The van der Waals surface area contributed by atoms with Gasteiger partial charge in [-0.15, -0.1) is 22.7 Å². The van der Waals surface area contributed by atoms with Crippen molar-refractivity contribution in [2.45, 2.75) is 0 Å². The van der Waals surface area contributed by atoms with E-state index in [0.717, 1.165) is 60.5 Å². The Bertz CT molecular complexity index is 2990. The Morgan fingerprint density at radius 1 is 0.375 bits per heavy atom. The van der Waals surface area contributed by atoms with Gasteiger partial charge in [-0.2, -0.15) is 0 Å². The molecule has 3 heterocycles. The molecule has 0 fully saturated rings. The molecule has 11 aromatic rings. The van der Waals surface area contributed by atoms with Gasteiger partial charge < -0.3 is 9.47 Å². The summed E-state index contributed by atoms with van der Waals surface area (Å²) in [6.07, 6.45) is 0. The van der Waals surface area contributed by atoms with Crippen molar-refractivity contribution in [1.82, 2.24) is 14.5 Å². The quantitative estimate of drug-likeness (QED) is 0.163. The first-order valence-electron chi connectivity index (χ1n) is 18.6. The highest BCUT2D eigenvalue weighted by Gasteiger charge is 2.17. The van der Waals surface area contributed by atoms with Crippen LogP contribution in [0.1, 0.15) is 0 Å². The van der Waals surface area contributed by atoms with Crippen molar-refractivity contribution in [3.63, 3.8) is 0 Å². The van der Waals surface area contributed by atoms with Gasteiger partial charge in [0.05, 0.1) is 31.5 Å². The minimum Gasteiger partial charge on any atom is -0.311 e. The Morgan fingerprint density at radius 3 is 1.41 bits per heavy atom. The fourth-order valence-electron chi connectivity index (χ4n) is 7.75. The van der Waals surface area contributed by atoms with E-state index in [1.54, 1.807) is 22.7 Å². The van der Waals surface area contributed by atoms with Crippen molar-refractivity contribution >= 4 is 82.0 Å². The van der Waals surface area contributed by atoms with E-state index in [1.165, 1.54) is 36.8 Å². The average molecular weight is 753 g/mol. The van der Waals surface area contributed by atoms with Crippen molar-refractivity contribution < 1.29 is 0 Å². The largest absolute Gasteiger partial charge is 0.311 e. The monoisotopic (exact) mass is 752 g/mol. The third-order valence-corrected chi connectivity index (χ3v) is 12.7. The van der Waals surface area contributed by atoms with Crippen molar-refractivity contribution in [3.05, 3.63) is 194 Å². The van der Waals surface area contributed by atoms with E-state index < -0.39 is 0 Å². The molecule has 3 aromatic heterocycles. The molecule has 4 nitrogen and oxygen atoms in total. The molecule has 0 unspecified atom stereocenters. The molecule has 6 heteroatoms.